The summed E-state index contributed by atoms with van der Waals surface area (Å²) in [6.45, 7) is 1.11. The molecule has 2 N–H and O–H groups in total. The lowest BCUT2D eigenvalue weighted by Gasteiger charge is -2.36. The molecule has 3 rings (SSSR count). The van der Waals surface area contributed by atoms with Crippen LogP contribution in [0.2, 0.25) is 0 Å². The van der Waals surface area contributed by atoms with Gasteiger partial charge in [-0.15, -0.1) is 24.2 Å². The number of amides is 1. The summed E-state index contributed by atoms with van der Waals surface area (Å²) in [7, 11) is -3.47. The lowest BCUT2D eigenvalue weighted by atomic mass is 9.94. The normalized spacial score (nSPS) is 22.8. The van der Waals surface area contributed by atoms with Gasteiger partial charge in [0.15, 0.2) is 14.6 Å². The number of fused-ring (bicyclic) bond motifs is 1. The van der Waals surface area contributed by atoms with Crippen molar-refractivity contribution in [3.8, 4) is 0 Å². The molecule has 8 heteroatoms. The van der Waals surface area contributed by atoms with E-state index in [1.807, 2.05) is 18.2 Å². The topological polar surface area (TPSA) is 75.3 Å². The molecule has 134 valence electrons. The zero-order valence-corrected chi connectivity index (χ0v) is 16.0. The molecule has 1 aromatic rings. The Hall–Kier alpha value is -0.760. The molecule has 2 aliphatic heterocycles. The average Bonchev–Trinajstić information content (AvgIpc) is 2.55. The van der Waals surface area contributed by atoms with Crippen molar-refractivity contribution >= 4 is 39.9 Å². The third-order valence-electron chi connectivity index (χ3n) is 4.80. The van der Waals surface area contributed by atoms with E-state index in [0.717, 1.165) is 17.7 Å². The molecule has 0 saturated carbocycles. The minimum absolute atomic E-state index is 0. The van der Waals surface area contributed by atoms with Gasteiger partial charge in [0, 0.05) is 16.9 Å². The molecule has 1 amide bonds. The van der Waals surface area contributed by atoms with Gasteiger partial charge in [-0.2, -0.15) is 0 Å². The summed E-state index contributed by atoms with van der Waals surface area (Å²) in [5.74, 6) is 0.586. The van der Waals surface area contributed by atoms with Crippen molar-refractivity contribution in [2.45, 2.75) is 34.9 Å². The molecule has 0 bridgehead atoms. The highest BCUT2D eigenvalue weighted by atomic mass is 35.5. The molecule has 1 fully saturated rings. The molecule has 5 nitrogen and oxygen atoms in total. The maximum Gasteiger partial charge on any atom is 0.242 e. The second-order valence-corrected chi connectivity index (χ2v) is 9.68. The Bertz CT molecular complexity index is 703. The first-order valence-corrected chi connectivity index (χ1v) is 10.7. The monoisotopic (exact) mass is 390 g/mol. The summed E-state index contributed by atoms with van der Waals surface area (Å²) in [6, 6.07) is 7.91. The molecule has 1 saturated heterocycles. The Morgan fingerprint density at radius 2 is 1.96 bits per heavy atom. The number of hydrogen-bond donors (Lipinski definition) is 2. The lowest BCUT2D eigenvalue weighted by molar-refractivity contribution is -0.125. The smallest absolute Gasteiger partial charge is 0.242 e. The summed E-state index contributed by atoms with van der Waals surface area (Å²) in [5.41, 5.74) is 1.09. The molecule has 0 spiro atoms. The number of hydrogen-bond acceptors (Lipinski definition) is 5. The van der Waals surface area contributed by atoms with Crippen molar-refractivity contribution in [1.29, 1.82) is 0 Å². The van der Waals surface area contributed by atoms with Crippen LogP contribution in [0.4, 0.5) is 0 Å². The molecule has 2 heterocycles. The van der Waals surface area contributed by atoms with Crippen molar-refractivity contribution < 1.29 is 13.2 Å². The number of piperidine rings is 1. The van der Waals surface area contributed by atoms with Gasteiger partial charge in [-0.25, -0.2) is 8.42 Å². The molecule has 24 heavy (non-hydrogen) atoms. The Morgan fingerprint density at radius 3 is 2.62 bits per heavy atom. The van der Waals surface area contributed by atoms with Crippen molar-refractivity contribution in [3.63, 3.8) is 0 Å². The summed E-state index contributed by atoms with van der Waals surface area (Å²) in [5, 5.41) is 6.17. The molecule has 1 unspecified atom stereocenters. The predicted molar refractivity (Wildman–Crippen MR) is 99.6 cm³/mol. The molecule has 0 radical (unpaired) electrons. The van der Waals surface area contributed by atoms with E-state index in [1.54, 1.807) is 11.8 Å². The van der Waals surface area contributed by atoms with Gasteiger partial charge in [0.2, 0.25) is 5.91 Å². The Balaban J connectivity index is 0.00000208. The minimum atomic E-state index is -3.47. The third kappa shape index (κ3) is 3.59. The van der Waals surface area contributed by atoms with Gasteiger partial charge < -0.3 is 10.6 Å². The first-order valence-electron chi connectivity index (χ1n) is 7.87. The molecule has 1 atom stereocenters. The number of benzene rings is 1. The summed E-state index contributed by atoms with van der Waals surface area (Å²) >= 11 is 1.78. The van der Waals surface area contributed by atoms with Crippen LogP contribution in [0.1, 0.15) is 30.9 Å². The largest absolute Gasteiger partial charge is 0.348 e. The van der Waals surface area contributed by atoms with Gasteiger partial charge in [0.05, 0.1) is 6.04 Å². The average molecular weight is 391 g/mol. The van der Waals surface area contributed by atoms with E-state index in [1.165, 1.54) is 11.2 Å². The first kappa shape index (κ1) is 19.6. The molecule has 1 aromatic carbocycles. The van der Waals surface area contributed by atoms with Crippen molar-refractivity contribution in [2.24, 2.45) is 0 Å². The van der Waals surface area contributed by atoms with Gasteiger partial charge in [-0.1, -0.05) is 18.2 Å². The number of nitrogens with one attached hydrogen (secondary N) is 2. The van der Waals surface area contributed by atoms with Gasteiger partial charge in [0.25, 0.3) is 0 Å². The van der Waals surface area contributed by atoms with E-state index in [-0.39, 0.29) is 24.4 Å². The maximum absolute atomic E-state index is 12.9. The van der Waals surface area contributed by atoms with Crippen molar-refractivity contribution in [2.75, 3.05) is 25.1 Å². The second-order valence-electron chi connectivity index (χ2n) is 6.22. The summed E-state index contributed by atoms with van der Waals surface area (Å²) < 4.78 is 23.4. The van der Waals surface area contributed by atoms with Crippen LogP contribution < -0.4 is 10.6 Å². The van der Waals surface area contributed by atoms with Crippen molar-refractivity contribution in [3.05, 3.63) is 29.8 Å². The Labute approximate surface area is 153 Å². The van der Waals surface area contributed by atoms with Crippen LogP contribution in [0.5, 0.6) is 0 Å². The highest BCUT2D eigenvalue weighted by Crippen LogP contribution is 2.37. The highest BCUT2D eigenvalue weighted by molar-refractivity contribution is 7.99. The van der Waals surface area contributed by atoms with Crippen LogP contribution in [0.3, 0.4) is 0 Å². The van der Waals surface area contributed by atoms with E-state index < -0.39 is 14.6 Å². The molecular formula is C16H23ClN2O3S2. The number of thioether (sulfide) groups is 1. The second kappa shape index (κ2) is 7.64. The molecule has 2 aliphatic rings. The fourth-order valence-corrected chi connectivity index (χ4v) is 5.85. The van der Waals surface area contributed by atoms with Gasteiger partial charge in [-0.05, 0) is 44.0 Å². The minimum Gasteiger partial charge on any atom is -0.348 e. The number of carbonyl (C=O) groups excluding carboxylic acids is 1. The molecule has 0 aliphatic carbocycles. The Morgan fingerprint density at radius 1 is 1.29 bits per heavy atom. The molecule has 0 aromatic heterocycles. The highest BCUT2D eigenvalue weighted by Gasteiger charge is 2.49. The number of halogens is 1. The van der Waals surface area contributed by atoms with Crippen LogP contribution in [0.15, 0.2) is 29.2 Å². The van der Waals surface area contributed by atoms with E-state index in [2.05, 4.69) is 16.7 Å². The van der Waals surface area contributed by atoms with Crippen LogP contribution in [-0.2, 0) is 14.6 Å². The van der Waals surface area contributed by atoms with E-state index in [4.69, 9.17) is 0 Å². The fourth-order valence-electron chi connectivity index (χ4n) is 3.38. The van der Waals surface area contributed by atoms with Crippen LogP contribution in [0.25, 0.3) is 0 Å². The van der Waals surface area contributed by atoms with Crippen molar-refractivity contribution in [1.82, 2.24) is 10.6 Å². The Kier molecular flexibility index (Phi) is 6.23. The number of sulfone groups is 1. The zero-order chi connectivity index (χ0) is 16.5. The summed E-state index contributed by atoms with van der Waals surface area (Å²) in [6.07, 6.45) is 2.68. The quantitative estimate of drug-likeness (QED) is 0.824. The van der Waals surface area contributed by atoms with E-state index in [9.17, 15) is 13.2 Å². The molecular weight excluding hydrogens is 368 g/mol. The van der Waals surface area contributed by atoms with Crippen LogP contribution >= 0.6 is 24.2 Å². The van der Waals surface area contributed by atoms with Gasteiger partial charge in [0.1, 0.15) is 0 Å². The fraction of sp³-hybridized carbons (Fsp3) is 0.562. The predicted octanol–water partition coefficient (Wildman–Crippen LogP) is 1.93. The summed E-state index contributed by atoms with van der Waals surface area (Å²) in [4.78, 5) is 14.1. The SMILES string of the molecule is CS(=O)(=O)C1(C(=O)NC2CCSc3ccccc32)CCNCC1.Cl. The van der Waals surface area contributed by atoms with Crippen LogP contribution in [0, 0.1) is 0 Å². The van der Waals surface area contributed by atoms with Gasteiger partial charge >= 0.3 is 0 Å². The van der Waals surface area contributed by atoms with E-state index >= 15 is 0 Å². The van der Waals surface area contributed by atoms with Crippen LogP contribution in [-0.4, -0.2) is 44.2 Å². The number of rotatable bonds is 3. The lowest BCUT2D eigenvalue weighted by Crippen LogP contribution is -2.57. The zero-order valence-electron chi connectivity index (χ0n) is 13.6. The van der Waals surface area contributed by atoms with Gasteiger partial charge in [-0.3, -0.25) is 4.79 Å². The van der Waals surface area contributed by atoms with E-state index in [0.29, 0.717) is 25.9 Å². The standard InChI is InChI=1S/C16H22N2O3S2.ClH/c1-23(20,21)16(7-9-17-10-8-16)15(19)18-13-6-11-22-14-5-3-2-4-12(13)14;/h2-5,13,17H,6-11H2,1H3,(H,18,19);1H. The maximum atomic E-state index is 12.9. The first-order chi connectivity index (χ1) is 10.9. The number of carbonyl (C=O) groups is 1. The third-order valence-corrected chi connectivity index (χ3v) is 7.93.